The molecule has 0 saturated carbocycles. The van der Waals surface area contributed by atoms with Crippen LogP contribution >= 0.6 is 11.6 Å². The van der Waals surface area contributed by atoms with Crippen LogP contribution in [0.2, 0.25) is 5.02 Å². The first-order valence-corrected chi connectivity index (χ1v) is 10.4. The summed E-state index contributed by atoms with van der Waals surface area (Å²) in [6, 6.07) is 7.95. The molecule has 144 valence electrons. The minimum absolute atomic E-state index is 0.00981. The summed E-state index contributed by atoms with van der Waals surface area (Å²) >= 11 is 5.93. The molecule has 0 bridgehead atoms. The topological polar surface area (TPSA) is 95.5 Å². The Morgan fingerprint density at radius 3 is 2.41 bits per heavy atom. The van der Waals surface area contributed by atoms with E-state index in [1.54, 1.807) is 35.5 Å². The van der Waals surface area contributed by atoms with Crippen molar-refractivity contribution >= 4 is 33.5 Å². The number of sulfonamides is 1. The highest BCUT2D eigenvalue weighted by molar-refractivity contribution is 7.89. The smallest absolute Gasteiger partial charge is 0.242 e. The summed E-state index contributed by atoms with van der Waals surface area (Å²) in [6.45, 7) is 2.40. The van der Waals surface area contributed by atoms with Gasteiger partial charge < -0.3 is 9.80 Å². The van der Waals surface area contributed by atoms with Crippen LogP contribution in [0.3, 0.4) is 0 Å². The van der Waals surface area contributed by atoms with Gasteiger partial charge in [-0.1, -0.05) is 23.7 Å². The van der Waals surface area contributed by atoms with Crippen molar-refractivity contribution in [3.63, 3.8) is 0 Å². The standard InChI is InChI=1S/C17H20ClN5O3S/c18-14-4-1-2-5-15(14)27(25,26)21-9-6-16(24)22-10-12-23(13-11-22)17-19-7-3-8-20-17/h1-5,7-8,21H,6,9-13H2. The monoisotopic (exact) mass is 409 g/mol. The highest BCUT2D eigenvalue weighted by Gasteiger charge is 2.23. The van der Waals surface area contributed by atoms with Crippen LogP contribution in [-0.4, -0.2) is 61.9 Å². The Balaban J connectivity index is 1.47. The zero-order valence-corrected chi connectivity index (χ0v) is 16.2. The van der Waals surface area contributed by atoms with Gasteiger partial charge in [-0.15, -0.1) is 0 Å². The van der Waals surface area contributed by atoms with Crippen LogP contribution < -0.4 is 9.62 Å². The van der Waals surface area contributed by atoms with Gasteiger partial charge in [-0.25, -0.2) is 23.1 Å². The molecule has 10 heteroatoms. The molecular formula is C17H20ClN5O3S. The molecule has 1 saturated heterocycles. The third-order valence-corrected chi connectivity index (χ3v) is 6.19. The van der Waals surface area contributed by atoms with Crippen molar-refractivity contribution in [2.45, 2.75) is 11.3 Å². The Kier molecular flexibility index (Phi) is 6.25. The van der Waals surface area contributed by atoms with Crippen molar-refractivity contribution < 1.29 is 13.2 Å². The molecule has 3 rings (SSSR count). The Bertz CT molecular complexity index is 886. The van der Waals surface area contributed by atoms with Crippen LogP contribution in [0.25, 0.3) is 0 Å². The van der Waals surface area contributed by atoms with Crippen LogP contribution in [0.4, 0.5) is 5.95 Å². The maximum atomic E-state index is 12.3. The number of halogens is 1. The fraction of sp³-hybridized carbons (Fsp3) is 0.353. The molecule has 0 atom stereocenters. The molecular weight excluding hydrogens is 390 g/mol. The number of carbonyl (C=O) groups excluding carboxylic acids is 1. The lowest BCUT2D eigenvalue weighted by molar-refractivity contribution is -0.131. The van der Waals surface area contributed by atoms with Crippen molar-refractivity contribution in [2.24, 2.45) is 0 Å². The third-order valence-electron chi connectivity index (χ3n) is 4.22. The van der Waals surface area contributed by atoms with Crippen LogP contribution in [-0.2, 0) is 14.8 Å². The molecule has 0 unspecified atom stereocenters. The SMILES string of the molecule is O=C(CCNS(=O)(=O)c1ccccc1Cl)N1CCN(c2ncccn2)CC1. The molecule has 0 aliphatic carbocycles. The minimum Gasteiger partial charge on any atom is -0.339 e. The van der Waals surface area contributed by atoms with Crippen LogP contribution in [0.15, 0.2) is 47.6 Å². The van der Waals surface area contributed by atoms with Gasteiger partial charge in [0.2, 0.25) is 21.9 Å². The predicted molar refractivity (Wildman–Crippen MR) is 102 cm³/mol. The molecule has 1 amide bonds. The highest BCUT2D eigenvalue weighted by Crippen LogP contribution is 2.20. The number of rotatable bonds is 6. The molecule has 2 heterocycles. The van der Waals surface area contributed by atoms with E-state index in [2.05, 4.69) is 14.7 Å². The number of benzene rings is 1. The molecule has 1 aromatic carbocycles. The lowest BCUT2D eigenvalue weighted by Gasteiger charge is -2.34. The van der Waals surface area contributed by atoms with Gasteiger partial charge in [0.25, 0.3) is 0 Å². The van der Waals surface area contributed by atoms with Gasteiger partial charge in [-0.3, -0.25) is 4.79 Å². The van der Waals surface area contributed by atoms with E-state index in [1.165, 1.54) is 12.1 Å². The molecule has 1 aliphatic rings. The van der Waals surface area contributed by atoms with E-state index in [0.717, 1.165) is 0 Å². The zero-order valence-electron chi connectivity index (χ0n) is 14.6. The lowest BCUT2D eigenvalue weighted by Crippen LogP contribution is -2.49. The van der Waals surface area contributed by atoms with Gasteiger partial charge in [-0.05, 0) is 18.2 Å². The Labute approximate surface area is 163 Å². The second kappa shape index (κ2) is 8.64. The van der Waals surface area contributed by atoms with E-state index in [9.17, 15) is 13.2 Å². The van der Waals surface area contributed by atoms with Gasteiger partial charge in [0, 0.05) is 51.5 Å². The van der Waals surface area contributed by atoms with Crippen molar-refractivity contribution in [2.75, 3.05) is 37.6 Å². The van der Waals surface area contributed by atoms with E-state index >= 15 is 0 Å². The van der Waals surface area contributed by atoms with E-state index in [1.807, 2.05) is 4.90 Å². The Morgan fingerprint density at radius 1 is 1.07 bits per heavy atom. The largest absolute Gasteiger partial charge is 0.339 e. The fourth-order valence-corrected chi connectivity index (χ4v) is 4.35. The average molecular weight is 410 g/mol. The highest BCUT2D eigenvalue weighted by atomic mass is 35.5. The fourth-order valence-electron chi connectivity index (χ4n) is 2.80. The maximum Gasteiger partial charge on any atom is 0.242 e. The Hall–Kier alpha value is -2.23. The Morgan fingerprint density at radius 2 is 1.74 bits per heavy atom. The van der Waals surface area contributed by atoms with Crippen molar-refractivity contribution in [3.05, 3.63) is 47.7 Å². The van der Waals surface area contributed by atoms with Crippen LogP contribution in [0, 0.1) is 0 Å². The van der Waals surface area contributed by atoms with E-state index in [4.69, 9.17) is 11.6 Å². The van der Waals surface area contributed by atoms with Gasteiger partial charge in [0.05, 0.1) is 5.02 Å². The average Bonchev–Trinajstić information content (AvgIpc) is 2.69. The number of nitrogens with zero attached hydrogens (tertiary/aromatic N) is 4. The number of carbonyl (C=O) groups is 1. The first-order chi connectivity index (χ1) is 13.0. The van der Waals surface area contributed by atoms with E-state index in [0.29, 0.717) is 32.1 Å². The summed E-state index contributed by atoms with van der Waals surface area (Å²) < 4.78 is 27.0. The van der Waals surface area contributed by atoms with Crippen molar-refractivity contribution in [3.8, 4) is 0 Å². The van der Waals surface area contributed by atoms with Gasteiger partial charge >= 0.3 is 0 Å². The third kappa shape index (κ3) is 4.94. The molecule has 2 aromatic rings. The summed E-state index contributed by atoms with van der Waals surface area (Å²) in [5, 5.41) is 0.149. The number of nitrogens with one attached hydrogen (secondary N) is 1. The molecule has 8 nitrogen and oxygen atoms in total. The second-order valence-corrected chi connectivity index (χ2v) is 8.14. The van der Waals surface area contributed by atoms with Crippen molar-refractivity contribution in [1.29, 1.82) is 0 Å². The predicted octanol–water partition coefficient (Wildman–Crippen LogP) is 1.15. The summed E-state index contributed by atoms with van der Waals surface area (Å²) in [6.07, 6.45) is 3.46. The quantitative estimate of drug-likeness (QED) is 0.768. The molecule has 1 aromatic heterocycles. The van der Waals surface area contributed by atoms with Crippen molar-refractivity contribution in [1.82, 2.24) is 19.6 Å². The number of hydrogen-bond acceptors (Lipinski definition) is 6. The zero-order chi connectivity index (χ0) is 19.3. The molecule has 1 N–H and O–H groups in total. The number of piperazine rings is 1. The van der Waals surface area contributed by atoms with E-state index < -0.39 is 10.0 Å². The van der Waals surface area contributed by atoms with Crippen LogP contribution in [0.1, 0.15) is 6.42 Å². The molecule has 0 radical (unpaired) electrons. The first-order valence-electron chi connectivity index (χ1n) is 8.51. The normalized spacial score (nSPS) is 15.0. The molecule has 27 heavy (non-hydrogen) atoms. The van der Waals surface area contributed by atoms with Gasteiger partial charge in [-0.2, -0.15) is 0 Å². The van der Waals surface area contributed by atoms with E-state index in [-0.39, 0.29) is 28.8 Å². The second-order valence-electron chi connectivity index (χ2n) is 5.99. The minimum atomic E-state index is -3.74. The number of amides is 1. The maximum absolute atomic E-state index is 12.3. The molecule has 0 spiro atoms. The number of anilines is 1. The molecule has 1 fully saturated rings. The summed E-state index contributed by atoms with van der Waals surface area (Å²) in [7, 11) is -3.74. The van der Waals surface area contributed by atoms with Gasteiger partial charge in [0.1, 0.15) is 4.90 Å². The first kappa shape index (κ1) is 19.5. The lowest BCUT2D eigenvalue weighted by atomic mass is 10.3. The summed E-state index contributed by atoms with van der Waals surface area (Å²) in [4.78, 5) is 24.5. The van der Waals surface area contributed by atoms with Crippen LogP contribution in [0.5, 0.6) is 0 Å². The summed E-state index contributed by atoms with van der Waals surface area (Å²) in [5.74, 6) is 0.558. The number of hydrogen-bond donors (Lipinski definition) is 1. The van der Waals surface area contributed by atoms with Gasteiger partial charge in [0.15, 0.2) is 0 Å². The summed E-state index contributed by atoms with van der Waals surface area (Å²) in [5.41, 5.74) is 0. The number of aromatic nitrogens is 2. The molecule has 1 aliphatic heterocycles.